The summed E-state index contributed by atoms with van der Waals surface area (Å²) in [5.41, 5.74) is 2.58. The summed E-state index contributed by atoms with van der Waals surface area (Å²) in [5, 5.41) is 4.83. The molecule has 0 fully saturated rings. The van der Waals surface area contributed by atoms with Gasteiger partial charge in [-0.2, -0.15) is 0 Å². The monoisotopic (exact) mass is 336 g/mol. The van der Waals surface area contributed by atoms with Crippen LogP contribution in [0.4, 0.5) is 5.69 Å². The quantitative estimate of drug-likeness (QED) is 0.648. The highest BCUT2D eigenvalue weighted by molar-refractivity contribution is 6.22. The topological polar surface area (TPSA) is 92.3 Å². The molecular weight excluding hydrogens is 320 g/mol. The number of carbonyl (C=O) groups excluding carboxylic acids is 4. The number of fused-ring (bicyclic) bond motifs is 1. The Morgan fingerprint density at radius 1 is 0.920 bits per heavy atom. The predicted molar refractivity (Wildman–Crippen MR) is 91.6 cm³/mol. The van der Waals surface area contributed by atoms with E-state index in [0.29, 0.717) is 11.3 Å². The smallest absolute Gasteiger partial charge is 0.259 e. The molecule has 0 aliphatic carbocycles. The lowest BCUT2D eigenvalue weighted by molar-refractivity contribution is -0.116. The van der Waals surface area contributed by atoms with E-state index in [4.69, 9.17) is 0 Å². The minimum Gasteiger partial charge on any atom is -0.326 e. The molecule has 126 valence electrons. The molecule has 0 atom stereocenters. The van der Waals surface area contributed by atoms with Crippen molar-refractivity contribution in [3.63, 3.8) is 0 Å². The van der Waals surface area contributed by atoms with Crippen molar-refractivity contribution in [2.45, 2.75) is 19.8 Å². The van der Waals surface area contributed by atoms with Crippen molar-refractivity contribution in [3.05, 3.63) is 64.7 Å². The molecule has 25 heavy (non-hydrogen) atoms. The summed E-state index contributed by atoms with van der Waals surface area (Å²) in [4.78, 5) is 47.2. The van der Waals surface area contributed by atoms with Gasteiger partial charge in [0.25, 0.3) is 11.8 Å². The van der Waals surface area contributed by atoms with Gasteiger partial charge < -0.3 is 5.32 Å². The van der Waals surface area contributed by atoms with E-state index in [1.807, 2.05) is 19.1 Å². The van der Waals surface area contributed by atoms with Crippen molar-refractivity contribution in [2.75, 3.05) is 5.32 Å². The number of amides is 3. The molecule has 0 bridgehead atoms. The van der Waals surface area contributed by atoms with Crippen molar-refractivity contribution in [3.8, 4) is 0 Å². The van der Waals surface area contributed by atoms with Gasteiger partial charge >= 0.3 is 0 Å². The van der Waals surface area contributed by atoms with Gasteiger partial charge in [0.05, 0.1) is 11.1 Å². The van der Waals surface area contributed by atoms with Gasteiger partial charge in [-0.3, -0.25) is 24.5 Å². The molecule has 0 spiro atoms. The SMILES string of the molecule is Cc1ccc(C(=O)CCC(=O)Nc2ccc3c(c2)C(=O)NC3=O)cc1. The molecule has 2 N–H and O–H groups in total. The van der Waals surface area contributed by atoms with Crippen LogP contribution in [-0.2, 0) is 4.79 Å². The number of imide groups is 1. The van der Waals surface area contributed by atoms with Crippen molar-refractivity contribution < 1.29 is 19.2 Å². The summed E-state index contributed by atoms with van der Waals surface area (Å²) < 4.78 is 0. The van der Waals surface area contributed by atoms with Gasteiger partial charge in [-0.1, -0.05) is 29.8 Å². The van der Waals surface area contributed by atoms with Gasteiger partial charge in [-0.15, -0.1) is 0 Å². The maximum Gasteiger partial charge on any atom is 0.259 e. The van der Waals surface area contributed by atoms with Crippen LogP contribution in [-0.4, -0.2) is 23.5 Å². The van der Waals surface area contributed by atoms with Gasteiger partial charge in [-0.25, -0.2) is 0 Å². The number of hydrogen-bond donors (Lipinski definition) is 2. The summed E-state index contributed by atoms with van der Waals surface area (Å²) >= 11 is 0. The van der Waals surface area contributed by atoms with Gasteiger partial charge in [-0.05, 0) is 25.1 Å². The maximum absolute atomic E-state index is 12.1. The first-order chi connectivity index (χ1) is 11.9. The first-order valence-corrected chi connectivity index (χ1v) is 7.83. The Morgan fingerprint density at radius 2 is 1.60 bits per heavy atom. The number of aryl methyl sites for hydroxylation is 1. The summed E-state index contributed by atoms with van der Waals surface area (Å²) in [7, 11) is 0. The van der Waals surface area contributed by atoms with Gasteiger partial charge in [0.15, 0.2) is 5.78 Å². The second-order valence-corrected chi connectivity index (χ2v) is 5.88. The van der Waals surface area contributed by atoms with Gasteiger partial charge in [0, 0.05) is 24.1 Å². The summed E-state index contributed by atoms with van der Waals surface area (Å²) in [6.07, 6.45) is 0.133. The van der Waals surface area contributed by atoms with Crippen LogP contribution in [0, 0.1) is 6.92 Å². The third kappa shape index (κ3) is 3.63. The zero-order valence-electron chi connectivity index (χ0n) is 13.6. The molecule has 0 aromatic heterocycles. The molecule has 0 unspecified atom stereocenters. The van der Waals surface area contributed by atoms with Crippen molar-refractivity contribution in [1.29, 1.82) is 0 Å². The van der Waals surface area contributed by atoms with E-state index in [0.717, 1.165) is 5.56 Å². The van der Waals surface area contributed by atoms with Crippen LogP contribution in [0.2, 0.25) is 0 Å². The number of anilines is 1. The van der Waals surface area contributed by atoms with E-state index < -0.39 is 11.8 Å². The lowest BCUT2D eigenvalue weighted by Crippen LogP contribution is -2.19. The fourth-order valence-corrected chi connectivity index (χ4v) is 2.58. The third-order valence-corrected chi connectivity index (χ3v) is 3.97. The van der Waals surface area contributed by atoms with E-state index in [-0.39, 0.29) is 35.7 Å². The first-order valence-electron chi connectivity index (χ1n) is 7.83. The standard InChI is InChI=1S/C19H16N2O4/c1-11-2-4-12(5-3-11)16(22)8-9-17(23)20-13-6-7-14-15(10-13)19(25)21-18(14)24/h2-7,10H,8-9H2,1H3,(H,20,23)(H,21,24,25). The van der Waals surface area contributed by atoms with Gasteiger partial charge in [0.1, 0.15) is 0 Å². The largest absolute Gasteiger partial charge is 0.326 e. The van der Waals surface area contributed by atoms with E-state index in [9.17, 15) is 19.2 Å². The summed E-state index contributed by atoms with van der Waals surface area (Å²) in [6.45, 7) is 1.94. The van der Waals surface area contributed by atoms with Crippen LogP contribution in [0.1, 0.15) is 49.5 Å². The lowest BCUT2D eigenvalue weighted by Gasteiger charge is -2.06. The first kappa shape index (κ1) is 16.6. The zero-order chi connectivity index (χ0) is 18.0. The number of carbonyl (C=O) groups is 4. The third-order valence-electron chi connectivity index (χ3n) is 3.97. The Hall–Kier alpha value is -3.28. The molecule has 0 saturated heterocycles. The number of ketones is 1. The van der Waals surface area contributed by atoms with Crippen LogP contribution in [0.3, 0.4) is 0 Å². The minimum atomic E-state index is -0.481. The number of rotatable bonds is 5. The molecule has 6 nitrogen and oxygen atoms in total. The van der Waals surface area contributed by atoms with Crippen LogP contribution in [0.15, 0.2) is 42.5 Å². The van der Waals surface area contributed by atoms with Crippen LogP contribution >= 0.6 is 0 Å². The average Bonchev–Trinajstić information content (AvgIpc) is 2.87. The molecule has 1 aliphatic rings. The molecule has 2 aromatic carbocycles. The normalized spacial score (nSPS) is 12.5. The van der Waals surface area contributed by atoms with Crippen molar-refractivity contribution in [1.82, 2.24) is 5.32 Å². The Morgan fingerprint density at radius 3 is 2.32 bits per heavy atom. The Labute approximate surface area is 144 Å². The highest BCUT2D eigenvalue weighted by atomic mass is 16.2. The van der Waals surface area contributed by atoms with E-state index in [1.165, 1.54) is 12.1 Å². The number of nitrogens with one attached hydrogen (secondary N) is 2. The van der Waals surface area contributed by atoms with Gasteiger partial charge in [0.2, 0.25) is 5.91 Å². The maximum atomic E-state index is 12.1. The molecule has 1 heterocycles. The molecule has 2 aromatic rings. The minimum absolute atomic E-state index is 0.0366. The number of hydrogen-bond acceptors (Lipinski definition) is 4. The predicted octanol–water partition coefficient (Wildman–Crippen LogP) is 2.48. The van der Waals surface area contributed by atoms with Crippen molar-refractivity contribution >= 4 is 29.2 Å². The Balaban J connectivity index is 1.59. The fraction of sp³-hybridized carbons (Fsp3) is 0.158. The van der Waals surface area contributed by atoms with Crippen LogP contribution in [0.5, 0.6) is 0 Å². The zero-order valence-corrected chi connectivity index (χ0v) is 13.6. The number of benzene rings is 2. The van der Waals surface area contributed by atoms with E-state index in [1.54, 1.807) is 18.2 Å². The lowest BCUT2D eigenvalue weighted by atomic mass is 10.0. The fourth-order valence-electron chi connectivity index (χ4n) is 2.58. The second kappa shape index (κ2) is 6.68. The van der Waals surface area contributed by atoms with Crippen LogP contribution in [0.25, 0.3) is 0 Å². The summed E-state index contributed by atoms with van der Waals surface area (Å²) in [6, 6.07) is 11.7. The second-order valence-electron chi connectivity index (χ2n) is 5.88. The number of Topliss-reactive ketones (excluding diaryl/α,β-unsaturated/α-hetero) is 1. The van der Waals surface area contributed by atoms with Crippen molar-refractivity contribution in [2.24, 2.45) is 0 Å². The highest BCUT2D eigenvalue weighted by Gasteiger charge is 2.26. The molecule has 6 heteroatoms. The van der Waals surface area contributed by atoms with E-state index >= 15 is 0 Å². The highest BCUT2D eigenvalue weighted by Crippen LogP contribution is 2.20. The summed E-state index contributed by atoms with van der Waals surface area (Å²) in [5.74, 6) is -1.36. The molecule has 1 aliphatic heterocycles. The Kier molecular flexibility index (Phi) is 4.43. The molecule has 3 amide bonds. The molecule has 3 rings (SSSR count). The molecule has 0 radical (unpaired) electrons. The van der Waals surface area contributed by atoms with E-state index in [2.05, 4.69) is 10.6 Å². The average molecular weight is 336 g/mol. The van der Waals surface area contributed by atoms with Crippen LogP contribution < -0.4 is 10.6 Å². The Bertz CT molecular complexity index is 885. The molecule has 0 saturated carbocycles. The molecular formula is C19H16N2O4.